The van der Waals surface area contributed by atoms with Crippen molar-refractivity contribution in [2.75, 3.05) is 6.61 Å². The van der Waals surface area contributed by atoms with Gasteiger partial charge in [0.05, 0.1) is 12.2 Å². The van der Waals surface area contributed by atoms with Gasteiger partial charge in [0.2, 0.25) is 0 Å². The summed E-state index contributed by atoms with van der Waals surface area (Å²) in [6.07, 6.45) is 13.3. The Kier molecular flexibility index (Phi) is 10.3. The third kappa shape index (κ3) is 8.40. The van der Waals surface area contributed by atoms with Crippen molar-refractivity contribution in [2.24, 2.45) is 0 Å². The normalized spacial score (nSPS) is 10.3. The van der Waals surface area contributed by atoms with Gasteiger partial charge in [0, 0.05) is 0 Å². The predicted octanol–water partition coefficient (Wildman–Crippen LogP) is 5.86. The van der Waals surface area contributed by atoms with Crippen molar-refractivity contribution in [3.05, 3.63) is 29.8 Å². The van der Waals surface area contributed by atoms with Gasteiger partial charge in [0.25, 0.3) is 0 Å². The van der Waals surface area contributed by atoms with Crippen molar-refractivity contribution in [3.8, 4) is 11.8 Å². The second-order valence-electron chi connectivity index (χ2n) is 5.64. The first-order valence-electron chi connectivity index (χ1n) is 8.50. The van der Waals surface area contributed by atoms with Crippen LogP contribution in [0, 0.1) is 11.3 Å². The summed E-state index contributed by atoms with van der Waals surface area (Å²) in [7, 11) is 0. The minimum Gasteiger partial charge on any atom is -0.492 e. The lowest BCUT2D eigenvalue weighted by atomic mass is 10.1. The highest BCUT2D eigenvalue weighted by atomic mass is 16.5. The fraction of sp³-hybridized carbons (Fsp3) is 0.632. The SMILES string of the molecule is CCCCCCCCCCCCOc1ccccc1C#N. The lowest BCUT2D eigenvalue weighted by molar-refractivity contribution is 0.303. The van der Waals surface area contributed by atoms with Crippen LogP contribution in [0.3, 0.4) is 0 Å². The highest BCUT2D eigenvalue weighted by Gasteiger charge is 2.00. The Hall–Kier alpha value is -1.49. The van der Waals surface area contributed by atoms with Gasteiger partial charge in [-0.3, -0.25) is 0 Å². The van der Waals surface area contributed by atoms with E-state index in [1.54, 1.807) is 6.07 Å². The Balaban J connectivity index is 1.94. The molecule has 0 aliphatic heterocycles. The van der Waals surface area contributed by atoms with Crippen molar-refractivity contribution in [3.63, 3.8) is 0 Å². The van der Waals surface area contributed by atoms with Crippen molar-refractivity contribution in [1.29, 1.82) is 5.26 Å². The number of benzene rings is 1. The maximum Gasteiger partial charge on any atom is 0.137 e. The van der Waals surface area contributed by atoms with Crippen LogP contribution in [0.4, 0.5) is 0 Å². The third-order valence-electron chi connectivity index (χ3n) is 3.76. The Morgan fingerprint density at radius 1 is 0.857 bits per heavy atom. The van der Waals surface area contributed by atoms with Crippen LogP contribution in [0.1, 0.15) is 76.7 Å². The highest BCUT2D eigenvalue weighted by Crippen LogP contribution is 2.17. The molecule has 0 amide bonds. The van der Waals surface area contributed by atoms with Crippen LogP contribution < -0.4 is 4.74 Å². The molecule has 21 heavy (non-hydrogen) atoms. The van der Waals surface area contributed by atoms with E-state index >= 15 is 0 Å². The standard InChI is InChI=1S/C19H29NO/c1-2-3-4-5-6-7-8-9-10-13-16-21-19-15-12-11-14-18(19)17-20/h11-12,14-15H,2-10,13,16H2,1H3. The zero-order chi connectivity index (χ0) is 15.2. The van der Waals surface area contributed by atoms with E-state index in [1.165, 1.54) is 57.8 Å². The van der Waals surface area contributed by atoms with Crippen LogP contribution in [-0.4, -0.2) is 6.61 Å². The topological polar surface area (TPSA) is 33.0 Å². The molecule has 0 N–H and O–H groups in total. The molecule has 0 saturated heterocycles. The number of ether oxygens (including phenoxy) is 1. The Morgan fingerprint density at radius 3 is 2.05 bits per heavy atom. The van der Waals surface area contributed by atoms with Gasteiger partial charge in [-0.1, -0.05) is 76.8 Å². The maximum absolute atomic E-state index is 8.97. The lowest BCUT2D eigenvalue weighted by Crippen LogP contribution is -1.98. The molecule has 2 heteroatoms. The number of hydrogen-bond acceptors (Lipinski definition) is 2. The lowest BCUT2D eigenvalue weighted by Gasteiger charge is -2.07. The van der Waals surface area contributed by atoms with Crippen molar-refractivity contribution in [1.82, 2.24) is 0 Å². The van der Waals surface area contributed by atoms with Crippen LogP contribution in [0.2, 0.25) is 0 Å². The van der Waals surface area contributed by atoms with E-state index in [4.69, 9.17) is 10.00 Å². The molecule has 0 saturated carbocycles. The van der Waals surface area contributed by atoms with Crippen molar-refractivity contribution in [2.45, 2.75) is 71.1 Å². The molecule has 1 rings (SSSR count). The molecular weight excluding hydrogens is 258 g/mol. The van der Waals surface area contributed by atoms with Gasteiger partial charge in [0.1, 0.15) is 11.8 Å². The summed E-state index contributed by atoms with van der Waals surface area (Å²) in [6, 6.07) is 9.61. The molecule has 0 aliphatic rings. The van der Waals surface area contributed by atoms with Gasteiger partial charge in [-0.25, -0.2) is 0 Å². The average Bonchev–Trinajstić information content (AvgIpc) is 2.53. The number of hydrogen-bond donors (Lipinski definition) is 0. The highest BCUT2D eigenvalue weighted by molar-refractivity contribution is 5.42. The Bertz CT molecular complexity index is 408. The zero-order valence-electron chi connectivity index (χ0n) is 13.4. The Morgan fingerprint density at radius 2 is 1.43 bits per heavy atom. The van der Waals surface area contributed by atoms with E-state index in [-0.39, 0.29) is 0 Å². The molecule has 0 spiro atoms. The molecule has 0 bridgehead atoms. The predicted molar refractivity (Wildman–Crippen MR) is 88.5 cm³/mol. The van der Waals surface area contributed by atoms with Gasteiger partial charge in [-0.2, -0.15) is 5.26 Å². The van der Waals surface area contributed by atoms with Gasteiger partial charge < -0.3 is 4.74 Å². The number of nitriles is 1. The van der Waals surface area contributed by atoms with E-state index in [2.05, 4.69) is 13.0 Å². The summed E-state index contributed by atoms with van der Waals surface area (Å²) in [6.45, 7) is 2.98. The van der Waals surface area contributed by atoms with Crippen LogP contribution >= 0.6 is 0 Å². The van der Waals surface area contributed by atoms with Crippen LogP contribution in [0.25, 0.3) is 0 Å². The first-order chi connectivity index (χ1) is 10.4. The van der Waals surface area contributed by atoms with E-state index in [0.717, 1.165) is 18.8 Å². The third-order valence-corrected chi connectivity index (χ3v) is 3.76. The molecule has 116 valence electrons. The second kappa shape index (κ2) is 12.3. The Labute approximate surface area is 130 Å². The number of nitrogens with zero attached hydrogens (tertiary/aromatic N) is 1. The largest absolute Gasteiger partial charge is 0.492 e. The zero-order valence-corrected chi connectivity index (χ0v) is 13.4. The molecule has 0 fully saturated rings. The van der Waals surface area contributed by atoms with Crippen molar-refractivity contribution < 1.29 is 4.74 Å². The van der Waals surface area contributed by atoms with E-state index in [9.17, 15) is 0 Å². The quantitative estimate of drug-likeness (QED) is 0.451. The summed E-state index contributed by atoms with van der Waals surface area (Å²) in [5, 5.41) is 8.97. The summed E-state index contributed by atoms with van der Waals surface area (Å²) in [5.41, 5.74) is 0.629. The summed E-state index contributed by atoms with van der Waals surface area (Å²) in [4.78, 5) is 0. The van der Waals surface area contributed by atoms with Crippen LogP contribution in [0.15, 0.2) is 24.3 Å². The van der Waals surface area contributed by atoms with Gasteiger partial charge in [0.15, 0.2) is 0 Å². The van der Waals surface area contributed by atoms with Gasteiger partial charge in [-0.15, -0.1) is 0 Å². The fourth-order valence-corrected chi connectivity index (χ4v) is 2.46. The molecule has 0 aromatic heterocycles. The molecule has 0 atom stereocenters. The molecule has 0 radical (unpaired) electrons. The maximum atomic E-state index is 8.97. The van der Waals surface area contributed by atoms with Gasteiger partial charge in [-0.05, 0) is 18.6 Å². The van der Waals surface area contributed by atoms with Crippen molar-refractivity contribution >= 4 is 0 Å². The number of para-hydroxylation sites is 1. The van der Waals surface area contributed by atoms with Gasteiger partial charge >= 0.3 is 0 Å². The van der Waals surface area contributed by atoms with E-state index in [1.807, 2.05) is 18.2 Å². The first-order valence-corrected chi connectivity index (χ1v) is 8.50. The minimum atomic E-state index is 0.629. The van der Waals surface area contributed by atoms with E-state index in [0.29, 0.717) is 5.56 Å². The summed E-state index contributed by atoms with van der Waals surface area (Å²) in [5.74, 6) is 0.718. The molecule has 1 aromatic rings. The molecular formula is C19H29NO. The average molecular weight is 287 g/mol. The number of unbranched alkanes of at least 4 members (excludes halogenated alkanes) is 9. The molecule has 2 nitrogen and oxygen atoms in total. The molecule has 0 aliphatic carbocycles. The monoisotopic (exact) mass is 287 g/mol. The second-order valence-corrected chi connectivity index (χ2v) is 5.64. The summed E-state index contributed by atoms with van der Waals surface area (Å²) >= 11 is 0. The van der Waals surface area contributed by atoms with E-state index < -0.39 is 0 Å². The molecule has 0 unspecified atom stereocenters. The first kappa shape index (κ1) is 17.6. The number of rotatable bonds is 12. The van der Waals surface area contributed by atoms with Crippen LogP contribution in [-0.2, 0) is 0 Å². The van der Waals surface area contributed by atoms with Crippen LogP contribution in [0.5, 0.6) is 5.75 Å². The molecule has 0 heterocycles. The summed E-state index contributed by atoms with van der Waals surface area (Å²) < 4.78 is 5.68. The molecule has 1 aromatic carbocycles. The minimum absolute atomic E-state index is 0.629. The fourth-order valence-electron chi connectivity index (χ4n) is 2.46. The smallest absolute Gasteiger partial charge is 0.137 e.